The van der Waals surface area contributed by atoms with Crippen molar-refractivity contribution in [2.24, 2.45) is 0 Å². The van der Waals surface area contributed by atoms with Gasteiger partial charge in [-0.2, -0.15) is 0 Å². The van der Waals surface area contributed by atoms with Gasteiger partial charge in [0.05, 0.1) is 19.8 Å². The number of aliphatic hydroxyl groups excluding tert-OH is 1. The van der Waals surface area contributed by atoms with Crippen LogP contribution in [0.15, 0.2) is 67.3 Å². The minimum Gasteiger partial charge on any atom is -0.497 e. The molecule has 1 fully saturated rings. The van der Waals surface area contributed by atoms with E-state index in [2.05, 4.69) is 6.58 Å². The molecule has 0 aromatic heterocycles. The Hall–Kier alpha value is -3.32. The van der Waals surface area contributed by atoms with E-state index >= 15 is 0 Å². The first-order valence-corrected chi connectivity index (χ1v) is 10.7. The predicted molar refractivity (Wildman–Crippen MR) is 121 cm³/mol. The van der Waals surface area contributed by atoms with Crippen LogP contribution in [0.4, 0.5) is 4.79 Å². The highest BCUT2D eigenvalue weighted by atomic mass is 16.5. The van der Waals surface area contributed by atoms with Crippen LogP contribution in [0, 0.1) is 0 Å². The Morgan fingerprint density at radius 1 is 1.09 bits per heavy atom. The van der Waals surface area contributed by atoms with Gasteiger partial charge in [0.15, 0.2) is 6.04 Å². The van der Waals surface area contributed by atoms with Crippen molar-refractivity contribution in [3.8, 4) is 5.75 Å². The van der Waals surface area contributed by atoms with Gasteiger partial charge >= 0.3 is 12.0 Å². The Kier molecular flexibility index (Phi) is 7.89. The van der Waals surface area contributed by atoms with Gasteiger partial charge in [0.25, 0.3) is 0 Å². The van der Waals surface area contributed by atoms with E-state index in [9.17, 15) is 14.7 Å². The van der Waals surface area contributed by atoms with Crippen molar-refractivity contribution < 1.29 is 24.2 Å². The van der Waals surface area contributed by atoms with Gasteiger partial charge in [-0.05, 0) is 36.6 Å². The van der Waals surface area contributed by atoms with Crippen molar-refractivity contribution in [1.29, 1.82) is 0 Å². The monoisotopic (exact) mass is 438 g/mol. The largest absolute Gasteiger partial charge is 0.497 e. The summed E-state index contributed by atoms with van der Waals surface area (Å²) in [5.74, 6) is 0.0788. The Morgan fingerprint density at radius 2 is 1.78 bits per heavy atom. The highest BCUT2D eigenvalue weighted by Gasteiger charge is 2.49. The van der Waals surface area contributed by atoms with Crippen molar-refractivity contribution in [2.75, 3.05) is 20.3 Å². The van der Waals surface area contributed by atoms with Crippen LogP contribution in [0.1, 0.15) is 18.1 Å². The molecule has 1 saturated heterocycles. The smallest absolute Gasteiger partial charge is 0.331 e. The van der Waals surface area contributed by atoms with Crippen molar-refractivity contribution in [3.63, 3.8) is 0 Å². The molecule has 1 aliphatic heterocycles. The third-order valence-electron chi connectivity index (χ3n) is 5.60. The van der Waals surface area contributed by atoms with Gasteiger partial charge < -0.3 is 24.4 Å². The Morgan fingerprint density at radius 3 is 2.38 bits per heavy atom. The maximum absolute atomic E-state index is 13.6. The van der Waals surface area contributed by atoms with Crippen LogP contribution in [0.3, 0.4) is 0 Å². The van der Waals surface area contributed by atoms with Crippen molar-refractivity contribution in [1.82, 2.24) is 9.80 Å². The summed E-state index contributed by atoms with van der Waals surface area (Å²) < 4.78 is 10.4. The Balaban J connectivity index is 1.95. The lowest BCUT2D eigenvalue weighted by Gasteiger charge is -2.48. The Labute approximate surface area is 188 Å². The highest BCUT2D eigenvalue weighted by molar-refractivity contribution is 5.86. The molecule has 2 aromatic carbocycles. The van der Waals surface area contributed by atoms with Crippen molar-refractivity contribution >= 4 is 12.0 Å². The summed E-state index contributed by atoms with van der Waals surface area (Å²) in [6.45, 7) is 6.03. The van der Waals surface area contributed by atoms with Gasteiger partial charge in [0.1, 0.15) is 11.9 Å². The molecule has 7 nitrogen and oxygen atoms in total. The number of amides is 2. The van der Waals surface area contributed by atoms with E-state index in [0.29, 0.717) is 12.2 Å². The minimum atomic E-state index is -1.13. The SMILES string of the molecule is C=CCN1C(=O)N(Cc2ccc(OC)cc2)[C@H](C(=O)OCC)[C@H](O)[C@@H]1Cc1ccccc1. The standard InChI is InChI=1S/C25H30N2O5/c1-4-15-26-21(16-18-9-7-6-8-10-18)23(28)22(24(29)32-5-2)27(25(26)30)17-19-11-13-20(31-3)14-12-19/h4,6-14,21-23,28H,1,5,15-17H2,2-3H3/t21-,22-,23+/m0/s1. The number of carbonyl (C=O) groups is 2. The van der Waals surface area contributed by atoms with Gasteiger partial charge in [0.2, 0.25) is 0 Å². The molecule has 0 radical (unpaired) electrons. The number of esters is 1. The second kappa shape index (κ2) is 10.8. The fraction of sp³-hybridized carbons (Fsp3) is 0.360. The summed E-state index contributed by atoms with van der Waals surface area (Å²) in [5, 5.41) is 11.3. The van der Waals surface area contributed by atoms with E-state index in [0.717, 1.165) is 11.1 Å². The lowest BCUT2D eigenvalue weighted by Crippen LogP contribution is -2.68. The van der Waals surface area contributed by atoms with Crippen LogP contribution >= 0.6 is 0 Å². The first kappa shape index (κ1) is 23.3. The van der Waals surface area contributed by atoms with Crippen LogP contribution in [0.5, 0.6) is 5.75 Å². The van der Waals surface area contributed by atoms with E-state index in [1.807, 2.05) is 42.5 Å². The normalized spacial score (nSPS) is 20.7. The molecule has 2 amide bonds. The molecule has 0 spiro atoms. The van der Waals surface area contributed by atoms with E-state index in [-0.39, 0.29) is 25.7 Å². The van der Waals surface area contributed by atoms with Gasteiger partial charge in [0, 0.05) is 13.1 Å². The number of hydrogen-bond acceptors (Lipinski definition) is 5. The molecular weight excluding hydrogens is 408 g/mol. The number of carbonyl (C=O) groups excluding carboxylic acids is 2. The summed E-state index contributed by atoms with van der Waals surface area (Å²) in [4.78, 5) is 29.4. The van der Waals surface area contributed by atoms with Crippen molar-refractivity contribution in [3.05, 3.63) is 78.4 Å². The van der Waals surface area contributed by atoms with E-state index < -0.39 is 24.2 Å². The molecule has 32 heavy (non-hydrogen) atoms. The van der Waals surface area contributed by atoms with Gasteiger partial charge in [-0.3, -0.25) is 0 Å². The number of methoxy groups -OCH3 is 1. The van der Waals surface area contributed by atoms with E-state index in [1.165, 1.54) is 4.90 Å². The van der Waals surface area contributed by atoms with Crippen LogP contribution in [-0.4, -0.2) is 65.4 Å². The Bertz CT molecular complexity index is 916. The average molecular weight is 439 g/mol. The average Bonchev–Trinajstić information content (AvgIpc) is 2.81. The number of hydrogen-bond donors (Lipinski definition) is 1. The van der Waals surface area contributed by atoms with Crippen LogP contribution in [-0.2, 0) is 22.5 Å². The molecule has 1 N–H and O–H groups in total. The molecule has 0 unspecified atom stereocenters. The second-order valence-electron chi connectivity index (χ2n) is 7.64. The van der Waals surface area contributed by atoms with Crippen molar-refractivity contribution in [2.45, 2.75) is 38.1 Å². The van der Waals surface area contributed by atoms with Crippen LogP contribution < -0.4 is 4.74 Å². The van der Waals surface area contributed by atoms with Crippen LogP contribution in [0.2, 0.25) is 0 Å². The molecule has 2 aromatic rings. The molecular formula is C25H30N2O5. The molecule has 170 valence electrons. The first-order valence-electron chi connectivity index (χ1n) is 10.7. The number of nitrogens with zero attached hydrogens (tertiary/aromatic N) is 2. The third-order valence-corrected chi connectivity index (χ3v) is 5.60. The summed E-state index contributed by atoms with van der Waals surface area (Å²) >= 11 is 0. The molecule has 1 aliphatic rings. The first-order chi connectivity index (χ1) is 15.5. The maximum Gasteiger partial charge on any atom is 0.331 e. The number of aliphatic hydroxyl groups is 1. The molecule has 7 heteroatoms. The fourth-order valence-corrected chi connectivity index (χ4v) is 4.03. The molecule has 0 bridgehead atoms. The molecule has 0 saturated carbocycles. The zero-order chi connectivity index (χ0) is 23.1. The number of urea groups is 1. The highest BCUT2D eigenvalue weighted by Crippen LogP contribution is 2.28. The topological polar surface area (TPSA) is 79.3 Å². The molecule has 3 atom stereocenters. The molecule has 1 heterocycles. The van der Waals surface area contributed by atoms with Gasteiger partial charge in [-0.1, -0.05) is 48.5 Å². The lowest BCUT2D eigenvalue weighted by atomic mass is 9.91. The number of rotatable bonds is 9. The maximum atomic E-state index is 13.6. The summed E-state index contributed by atoms with van der Waals surface area (Å²) in [6.07, 6.45) is 0.900. The zero-order valence-corrected chi connectivity index (χ0v) is 18.5. The summed E-state index contributed by atoms with van der Waals surface area (Å²) in [7, 11) is 1.58. The van der Waals surface area contributed by atoms with Gasteiger partial charge in [-0.15, -0.1) is 6.58 Å². The lowest BCUT2D eigenvalue weighted by molar-refractivity contribution is -0.158. The third kappa shape index (κ3) is 5.11. The number of ether oxygens (including phenoxy) is 2. The fourth-order valence-electron chi connectivity index (χ4n) is 4.03. The summed E-state index contributed by atoms with van der Waals surface area (Å²) in [5.41, 5.74) is 1.77. The van der Waals surface area contributed by atoms with Gasteiger partial charge in [-0.25, -0.2) is 9.59 Å². The molecule has 3 rings (SSSR count). The summed E-state index contributed by atoms with van der Waals surface area (Å²) in [6, 6.07) is 14.8. The number of benzene rings is 2. The van der Waals surface area contributed by atoms with Crippen LogP contribution in [0.25, 0.3) is 0 Å². The zero-order valence-electron chi connectivity index (χ0n) is 18.5. The van der Waals surface area contributed by atoms with E-state index in [1.54, 1.807) is 37.1 Å². The minimum absolute atomic E-state index is 0.148. The quantitative estimate of drug-likeness (QED) is 0.481. The predicted octanol–water partition coefficient (Wildman–Crippen LogP) is 3.02. The van der Waals surface area contributed by atoms with E-state index in [4.69, 9.17) is 9.47 Å². The second-order valence-corrected chi connectivity index (χ2v) is 7.64. The molecule has 0 aliphatic carbocycles.